The number of aromatic nitrogens is 2. The summed E-state index contributed by atoms with van der Waals surface area (Å²) in [5.74, 6) is 0. The molecule has 0 bridgehead atoms. The van der Waals surface area contributed by atoms with Crippen molar-refractivity contribution in [1.82, 2.24) is 9.97 Å². The first-order valence-electron chi connectivity index (χ1n) is 13.3. The maximum absolute atomic E-state index is 6.67. The Hall–Kier alpha value is -3.50. The molecule has 38 heavy (non-hydrogen) atoms. The molecule has 0 saturated carbocycles. The Labute approximate surface area is 228 Å². The second-order valence-corrected chi connectivity index (χ2v) is 13.5. The lowest BCUT2D eigenvalue weighted by Gasteiger charge is -2.25. The van der Waals surface area contributed by atoms with Gasteiger partial charge in [0.05, 0.1) is 15.4 Å². The van der Waals surface area contributed by atoms with Crippen LogP contribution in [0.1, 0.15) is 63.2 Å². The van der Waals surface area contributed by atoms with Crippen molar-refractivity contribution < 1.29 is 4.42 Å². The molecular formula is C34H34N2OS. The molecule has 3 aromatic heterocycles. The van der Waals surface area contributed by atoms with Gasteiger partial charge in [-0.3, -0.25) is 4.98 Å². The minimum absolute atomic E-state index is 0.00396. The molecule has 0 saturated heterocycles. The number of nitrogens with zero attached hydrogens (tertiary/aromatic N) is 2. The van der Waals surface area contributed by atoms with E-state index in [-0.39, 0.29) is 10.8 Å². The van der Waals surface area contributed by atoms with Crippen LogP contribution in [0.4, 0.5) is 0 Å². The molecule has 6 rings (SSSR count). The monoisotopic (exact) mass is 518 g/mol. The van der Waals surface area contributed by atoms with Crippen LogP contribution in [0.5, 0.6) is 0 Å². The SMILES string of the molecule is Cc1cccc(C)c1-c1cc(-c2cccc3c2oc2c3ccc3sc(C(C)(C)C)nc32)ncc1C(C)(C)C. The molecule has 3 heterocycles. The zero-order valence-electron chi connectivity index (χ0n) is 23.5. The van der Waals surface area contributed by atoms with Gasteiger partial charge in [-0.2, -0.15) is 0 Å². The quantitative estimate of drug-likeness (QED) is 0.229. The molecule has 0 N–H and O–H groups in total. The van der Waals surface area contributed by atoms with Crippen LogP contribution in [0, 0.1) is 13.8 Å². The number of benzene rings is 3. The molecule has 4 heteroatoms. The lowest BCUT2D eigenvalue weighted by Crippen LogP contribution is -2.14. The molecular weight excluding hydrogens is 484 g/mol. The zero-order chi connectivity index (χ0) is 27.0. The fourth-order valence-corrected chi connectivity index (χ4v) is 6.44. The van der Waals surface area contributed by atoms with Crippen LogP contribution in [-0.4, -0.2) is 9.97 Å². The van der Waals surface area contributed by atoms with Crippen molar-refractivity contribution in [3.8, 4) is 22.4 Å². The number of thiazole rings is 1. The fourth-order valence-electron chi connectivity index (χ4n) is 5.42. The topological polar surface area (TPSA) is 38.9 Å². The van der Waals surface area contributed by atoms with Gasteiger partial charge in [0.15, 0.2) is 5.58 Å². The number of hydrogen-bond donors (Lipinski definition) is 0. The second-order valence-electron chi connectivity index (χ2n) is 12.5. The molecule has 0 radical (unpaired) electrons. The van der Waals surface area contributed by atoms with Crippen LogP contribution < -0.4 is 0 Å². The molecule has 192 valence electrons. The van der Waals surface area contributed by atoms with Crippen molar-refractivity contribution in [3.63, 3.8) is 0 Å². The van der Waals surface area contributed by atoms with Crippen LogP contribution in [0.15, 0.2) is 65.2 Å². The number of hydrogen-bond acceptors (Lipinski definition) is 4. The number of furan rings is 1. The Bertz CT molecular complexity index is 1840. The fraction of sp³-hybridized carbons (Fsp3) is 0.294. The molecule has 0 aliphatic rings. The van der Waals surface area contributed by atoms with Crippen LogP contribution in [0.3, 0.4) is 0 Å². The standard InChI is InChI=1S/C34H34N2OS/c1-19-11-9-12-20(2)28(19)24-17-26(35-18-25(24)33(3,4)5)23-14-10-13-21-22-15-16-27-29(31(22)37-30(21)23)36-32(38-27)34(6,7)8/h9-18H,1-8H3. The predicted octanol–water partition coefficient (Wildman–Crippen LogP) is 10.1. The van der Waals surface area contributed by atoms with Crippen LogP contribution in [0.2, 0.25) is 0 Å². The van der Waals surface area contributed by atoms with E-state index in [4.69, 9.17) is 14.4 Å². The third-order valence-electron chi connectivity index (χ3n) is 7.40. The molecule has 0 fully saturated rings. The summed E-state index contributed by atoms with van der Waals surface area (Å²) in [7, 11) is 0. The summed E-state index contributed by atoms with van der Waals surface area (Å²) < 4.78 is 7.83. The summed E-state index contributed by atoms with van der Waals surface area (Å²) in [6.45, 7) is 17.8. The van der Waals surface area contributed by atoms with Gasteiger partial charge in [-0.1, -0.05) is 71.9 Å². The second kappa shape index (κ2) is 8.51. The predicted molar refractivity (Wildman–Crippen MR) is 162 cm³/mol. The van der Waals surface area contributed by atoms with E-state index in [1.807, 2.05) is 0 Å². The summed E-state index contributed by atoms with van der Waals surface area (Å²) in [6, 6.07) is 19.5. The first-order chi connectivity index (χ1) is 17.9. The molecule has 0 unspecified atom stereocenters. The summed E-state index contributed by atoms with van der Waals surface area (Å²) in [6.07, 6.45) is 2.06. The van der Waals surface area contributed by atoms with Crippen LogP contribution in [-0.2, 0) is 10.8 Å². The molecule has 0 aliphatic carbocycles. The van der Waals surface area contributed by atoms with Crippen molar-refractivity contribution in [2.24, 2.45) is 0 Å². The van der Waals surface area contributed by atoms with E-state index >= 15 is 0 Å². The number of pyridine rings is 1. The summed E-state index contributed by atoms with van der Waals surface area (Å²) in [5.41, 5.74) is 10.9. The third-order valence-corrected chi connectivity index (χ3v) is 8.85. The Morgan fingerprint density at radius 1 is 0.737 bits per heavy atom. The van der Waals surface area contributed by atoms with Crippen LogP contribution >= 0.6 is 11.3 Å². The highest BCUT2D eigenvalue weighted by Gasteiger charge is 2.24. The maximum atomic E-state index is 6.67. The first-order valence-corrected chi connectivity index (χ1v) is 14.1. The number of fused-ring (bicyclic) bond motifs is 5. The molecule has 6 aromatic rings. The van der Waals surface area contributed by atoms with Gasteiger partial charge in [-0.25, -0.2) is 4.98 Å². The molecule has 0 atom stereocenters. The van der Waals surface area contributed by atoms with E-state index in [0.717, 1.165) is 48.4 Å². The van der Waals surface area contributed by atoms with Gasteiger partial charge in [0.2, 0.25) is 0 Å². The van der Waals surface area contributed by atoms with Crippen molar-refractivity contribution >= 4 is 43.5 Å². The highest BCUT2D eigenvalue weighted by Crippen LogP contribution is 2.43. The summed E-state index contributed by atoms with van der Waals surface area (Å²) >= 11 is 1.75. The molecule has 3 aromatic carbocycles. The average Bonchev–Trinajstić information content (AvgIpc) is 3.45. The average molecular weight is 519 g/mol. The highest BCUT2D eigenvalue weighted by atomic mass is 32.1. The van der Waals surface area contributed by atoms with E-state index in [1.165, 1.54) is 27.8 Å². The number of para-hydroxylation sites is 1. The van der Waals surface area contributed by atoms with E-state index < -0.39 is 0 Å². The van der Waals surface area contributed by atoms with Crippen molar-refractivity contribution in [2.45, 2.75) is 66.2 Å². The van der Waals surface area contributed by atoms with Gasteiger partial charge < -0.3 is 4.42 Å². The lowest BCUT2D eigenvalue weighted by atomic mass is 9.80. The Morgan fingerprint density at radius 3 is 2.11 bits per heavy atom. The third kappa shape index (κ3) is 3.94. The van der Waals surface area contributed by atoms with E-state index in [9.17, 15) is 0 Å². The molecule has 0 aliphatic heterocycles. The van der Waals surface area contributed by atoms with Gasteiger partial charge in [0, 0.05) is 27.9 Å². The molecule has 0 spiro atoms. The van der Waals surface area contributed by atoms with Crippen LogP contribution in [0.25, 0.3) is 54.5 Å². The number of aryl methyl sites for hydroxylation is 2. The normalized spacial score (nSPS) is 12.7. The van der Waals surface area contributed by atoms with Gasteiger partial charge in [0.25, 0.3) is 0 Å². The zero-order valence-corrected chi connectivity index (χ0v) is 24.3. The smallest absolute Gasteiger partial charge is 0.162 e. The maximum Gasteiger partial charge on any atom is 0.162 e. The minimum Gasteiger partial charge on any atom is -0.453 e. The lowest BCUT2D eigenvalue weighted by molar-refractivity contribution is 0.586. The van der Waals surface area contributed by atoms with Gasteiger partial charge >= 0.3 is 0 Å². The Kier molecular flexibility index (Phi) is 5.55. The van der Waals surface area contributed by atoms with E-state index in [2.05, 4.69) is 116 Å². The van der Waals surface area contributed by atoms with Crippen molar-refractivity contribution in [2.75, 3.05) is 0 Å². The summed E-state index contributed by atoms with van der Waals surface area (Å²) in [5, 5.41) is 3.32. The van der Waals surface area contributed by atoms with Gasteiger partial charge in [0.1, 0.15) is 11.1 Å². The van der Waals surface area contributed by atoms with Crippen molar-refractivity contribution in [3.05, 3.63) is 82.5 Å². The largest absolute Gasteiger partial charge is 0.453 e. The minimum atomic E-state index is -0.0397. The first kappa shape index (κ1) is 24.8. The highest BCUT2D eigenvalue weighted by molar-refractivity contribution is 7.18. The van der Waals surface area contributed by atoms with Gasteiger partial charge in [-0.05, 0) is 71.3 Å². The Morgan fingerprint density at radius 2 is 1.42 bits per heavy atom. The van der Waals surface area contributed by atoms with Gasteiger partial charge in [-0.15, -0.1) is 11.3 Å². The van der Waals surface area contributed by atoms with E-state index in [1.54, 1.807) is 11.3 Å². The Balaban J connectivity index is 1.62. The molecule has 3 nitrogen and oxygen atoms in total. The van der Waals surface area contributed by atoms with Crippen molar-refractivity contribution in [1.29, 1.82) is 0 Å². The van der Waals surface area contributed by atoms with E-state index in [0.29, 0.717) is 0 Å². The molecule has 0 amide bonds. The summed E-state index contributed by atoms with van der Waals surface area (Å²) in [4.78, 5) is 10.0. The number of rotatable bonds is 2.